The zero-order valence-corrected chi connectivity index (χ0v) is 18.4. The highest BCUT2D eigenvalue weighted by Crippen LogP contribution is 2.26. The van der Waals surface area contributed by atoms with Crippen LogP contribution in [0.3, 0.4) is 0 Å². The number of halogens is 2. The lowest BCUT2D eigenvalue weighted by molar-refractivity contribution is -0.125. The smallest absolute Gasteiger partial charge is 0.243 e. The fourth-order valence-corrected chi connectivity index (χ4v) is 5.49. The molecule has 1 N–H and O–H groups in total. The predicted molar refractivity (Wildman–Crippen MR) is 114 cm³/mol. The summed E-state index contributed by atoms with van der Waals surface area (Å²) in [6, 6.07) is 13.3. The van der Waals surface area contributed by atoms with Gasteiger partial charge in [0.05, 0.1) is 4.90 Å². The van der Waals surface area contributed by atoms with E-state index in [0.717, 1.165) is 22.9 Å². The minimum absolute atomic E-state index is 0.200. The first-order valence-corrected chi connectivity index (χ1v) is 11.8. The molecule has 0 bridgehead atoms. The third-order valence-electron chi connectivity index (χ3n) is 4.83. The predicted octanol–water partition coefficient (Wildman–Crippen LogP) is 4.00. The van der Waals surface area contributed by atoms with E-state index in [-0.39, 0.29) is 10.8 Å². The monoisotopic (exact) mass is 484 g/mol. The Labute approximate surface area is 179 Å². The molecule has 1 fully saturated rings. The maximum Gasteiger partial charge on any atom is 0.243 e. The molecule has 1 amide bonds. The van der Waals surface area contributed by atoms with Crippen LogP contribution in [0.4, 0.5) is 0 Å². The van der Waals surface area contributed by atoms with Crippen LogP contribution in [-0.2, 0) is 21.2 Å². The highest BCUT2D eigenvalue weighted by Gasteiger charge is 2.37. The van der Waals surface area contributed by atoms with E-state index < -0.39 is 16.1 Å². The van der Waals surface area contributed by atoms with Gasteiger partial charge in [-0.1, -0.05) is 52.2 Å². The number of hydrogen-bond acceptors (Lipinski definition) is 3. The Kier molecular flexibility index (Phi) is 7.15. The summed E-state index contributed by atoms with van der Waals surface area (Å²) in [6.45, 7) is 0.756. The molecule has 1 aliphatic heterocycles. The summed E-state index contributed by atoms with van der Waals surface area (Å²) in [4.78, 5) is 13.0. The average Bonchev–Trinajstić information content (AvgIpc) is 2.69. The van der Waals surface area contributed by atoms with Gasteiger partial charge in [0, 0.05) is 22.6 Å². The molecule has 1 aliphatic rings. The first-order valence-electron chi connectivity index (χ1n) is 9.18. The number of carbonyl (C=O) groups is 1. The lowest BCUT2D eigenvalue weighted by Crippen LogP contribution is -2.52. The number of nitrogens with zero attached hydrogens (tertiary/aromatic N) is 1. The molecule has 0 radical (unpaired) electrons. The first-order chi connectivity index (χ1) is 13.4. The number of nitrogens with one attached hydrogen (secondary N) is 1. The van der Waals surface area contributed by atoms with Crippen molar-refractivity contribution < 1.29 is 13.2 Å². The maximum absolute atomic E-state index is 13.1. The van der Waals surface area contributed by atoms with Gasteiger partial charge >= 0.3 is 0 Å². The van der Waals surface area contributed by atoms with Gasteiger partial charge in [-0.05, 0) is 55.2 Å². The van der Waals surface area contributed by atoms with Crippen molar-refractivity contribution in [2.24, 2.45) is 0 Å². The Morgan fingerprint density at radius 2 is 1.86 bits per heavy atom. The third kappa shape index (κ3) is 4.95. The SMILES string of the molecule is O=C(NCCc1ccccc1Cl)[C@@H]1CCCCN1S(=O)(=O)c1ccc(Br)cc1. The molecule has 150 valence electrons. The fraction of sp³-hybridized carbons (Fsp3) is 0.350. The van der Waals surface area contributed by atoms with E-state index >= 15 is 0 Å². The lowest BCUT2D eigenvalue weighted by atomic mass is 10.0. The van der Waals surface area contributed by atoms with Gasteiger partial charge in [0.15, 0.2) is 0 Å². The molecule has 0 spiro atoms. The summed E-state index contributed by atoms with van der Waals surface area (Å²) in [5.41, 5.74) is 0.951. The van der Waals surface area contributed by atoms with Gasteiger partial charge in [0.1, 0.15) is 6.04 Å². The van der Waals surface area contributed by atoms with E-state index in [0.29, 0.717) is 31.0 Å². The lowest BCUT2D eigenvalue weighted by Gasteiger charge is -2.33. The van der Waals surface area contributed by atoms with Crippen LogP contribution >= 0.6 is 27.5 Å². The second kappa shape index (κ2) is 9.39. The molecule has 1 atom stereocenters. The van der Waals surface area contributed by atoms with Gasteiger partial charge in [-0.25, -0.2) is 8.42 Å². The van der Waals surface area contributed by atoms with E-state index in [1.807, 2.05) is 24.3 Å². The summed E-state index contributed by atoms with van der Waals surface area (Å²) in [6.07, 6.45) is 2.69. The van der Waals surface area contributed by atoms with Crippen LogP contribution in [0.15, 0.2) is 57.9 Å². The molecule has 0 unspecified atom stereocenters. The van der Waals surface area contributed by atoms with Crippen LogP contribution < -0.4 is 5.32 Å². The van der Waals surface area contributed by atoms with Crippen LogP contribution in [0.2, 0.25) is 5.02 Å². The highest BCUT2D eigenvalue weighted by atomic mass is 79.9. The Balaban J connectivity index is 1.69. The largest absolute Gasteiger partial charge is 0.354 e. The van der Waals surface area contributed by atoms with E-state index in [2.05, 4.69) is 21.2 Å². The number of carbonyl (C=O) groups excluding carboxylic acids is 1. The van der Waals surface area contributed by atoms with Gasteiger partial charge in [0.2, 0.25) is 15.9 Å². The minimum Gasteiger partial charge on any atom is -0.354 e. The van der Waals surface area contributed by atoms with Crippen molar-refractivity contribution in [3.8, 4) is 0 Å². The van der Waals surface area contributed by atoms with Crippen LogP contribution in [0.1, 0.15) is 24.8 Å². The van der Waals surface area contributed by atoms with E-state index in [1.54, 1.807) is 24.3 Å². The topological polar surface area (TPSA) is 66.5 Å². The number of amides is 1. The summed E-state index contributed by atoms with van der Waals surface area (Å²) in [7, 11) is -3.73. The van der Waals surface area contributed by atoms with Crippen LogP contribution in [0.25, 0.3) is 0 Å². The van der Waals surface area contributed by atoms with E-state index in [9.17, 15) is 13.2 Å². The normalized spacial score (nSPS) is 18.0. The molecule has 0 saturated carbocycles. The number of benzene rings is 2. The quantitative estimate of drug-likeness (QED) is 0.672. The molecule has 3 rings (SSSR count). The zero-order valence-electron chi connectivity index (χ0n) is 15.3. The van der Waals surface area contributed by atoms with Crippen molar-refractivity contribution in [1.82, 2.24) is 9.62 Å². The van der Waals surface area contributed by atoms with Crippen LogP contribution in [0, 0.1) is 0 Å². The van der Waals surface area contributed by atoms with E-state index in [1.165, 1.54) is 4.31 Å². The van der Waals surface area contributed by atoms with Crippen molar-refractivity contribution in [1.29, 1.82) is 0 Å². The highest BCUT2D eigenvalue weighted by molar-refractivity contribution is 9.10. The number of rotatable bonds is 6. The summed E-state index contributed by atoms with van der Waals surface area (Å²) < 4.78 is 28.3. The average molecular weight is 486 g/mol. The van der Waals surface area contributed by atoms with Gasteiger partial charge in [-0.15, -0.1) is 0 Å². The molecule has 2 aromatic rings. The second-order valence-electron chi connectivity index (χ2n) is 6.71. The number of hydrogen-bond donors (Lipinski definition) is 1. The zero-order chi connectivity index (χ0) is 20.1. The van der Waals surface area contributed by atoms with E-state index in [4.69, 9.17) is 11.6 Å². The van der Waals surface area contributed by atoms with Crippen molar-refractivity contribution in [2.75, 3.05) is 13.1 Å². The summed E-state index contributed by atoms with van der Waals surface area (Å²) in [5.74, 6) is -0.257. The van der Waals surface area contributed by atoms with Crippen LogP contribution in [-0.4, -0.2) is 37.8 Å². The van der Waals surface area contributed by atoms with Gasteiger partial charge < -0.3 is 5.32 Å². The Morgan fingerprint density at radius 3 is 2.57 bits per heavy atom. The van der Waals surface area contributed by atoms with Crippen molar-refractivity contribution in [3.63, 3.8) is 0 Å². The minimum atomic E-state index is -3.73. The summed E-state index contributed by atoms with van der Waals surface area (Å²) >= 11 is 9.46. The molecule has 28 heavy (non-hydrogen) atoms. The summed E-state index contributed by atoms with van der Waals surface area (Å²) in [5, 5.41) is 3.54. The van der Waals surface area contributed by atoms with Crippen molar-refractivity contribution in [2.45, 2.75) is 36.6 Å². The third-order valence-corrected chi connectivity index (χ3v) is 7.65. The molecule has 1 saturated heterocycles. The molecule has 2 aromatic carbocycles. The molecular formula is C20H22BrClN2O3S. The molecule has 0 aliphatic carbocycles. The Morgan fingerprint density at radius 1 is 1.14 bits per heavy atom. The van der Waals surface area contributed by atoms with Gasteiger partial charge in [0.25, 0.3) is 0 Å². The van der Waals surface area contributed by atoms with Crippen molar-refractivity contribution in [3.05, 3.63) is 63.6 Å². The van der Waals surface area contributed by atoms with Crippen molar-refractivity contribution >= 4 is 43.5 Å². The maximum atomic E-state index is 13.1. The first kappa shape index (κ1) is 21.3. The van der Waals surface area contributed by atoms with Crippen LogP contribution in [0.5, 0.6) is 0 Å². The standard InChI is InChI=1S/C20H22BrClN2O3S/c21-16-8-10-17(11-9-16)28(26,27)24-14-4-3-7-19(24)20(25)23-13-12-15-5-1-2-6-18(15)22/h1-2,5-6,8-11,19H,3-4,7,12-14H2,(H,23,25)/t19-/m0/s1. The fourth-order valence-electron chi connectivity index (χ4n) is 3.34. The molecular weight excluding hydrogens is 464 g/mol. The Bertz CT molecular complexity index is 935. The van der Waals surface area contributed by atoms with Gasteiger partial charge in [-0.3, -0.25) is 4.79 Å². The second-order valence-corrected chi connectivity index (χ2v) is 9.93. The van der Waals surface area contributed by atoms with Gasteiger partial charge in [-0.2, -0.15) is 4.31 Å². The molecule has 8 heteroatoms. The molecule has 1 heterocycles. The number of piperidine rings is 1. The molecule has 0 aromatic heterocycles. The number of sulfonamides is 1. The Hall–Kier alpha value is -1.41. The molecule has 5 nitrogen and oxygen atoms in total.